The van der Waals surface area contributed by atoms with E-state index in [4.69, 9.17) is 0 Å². The van der Waals surface area contributed by atoms with E-state index in [2.05, 4.69) is 25.4 Å². The monoisotopic (exact) mass is 488 g/mol. The van der Waals surface area contributed by atoms with Crippen molar-refractivity contribution in [2.45, 2.75) is 39.2 Å². The zero-order valence-electron chi connectivity index (χ0n) is 19.8. The molecule has 0 spiro atoms. The molecule has 0 N–H and O–H groups in total. The second-order valence-electron chi connectivity index (χ2n) is 8.75. The first-order chi connectivity index (χ1) is 16.6. The van der Waals surface area contributed by atoms with Gasteiger partial charge in [0.05, 0.1) is 18.3 Å². The largest absolute Gasteiger partial charge is 0.416 e. The Morgan fingerprint density at radius 1 is 1.23 bits per heavy atom. The van der Waals surface area contributed by atoms with Crippen molar-refractivity contribution in [3.8, 4) is 0 Å². The minimum Gasteiger partial charge on any atom is -0.334 e. The molecule has 9 nitrogen and oxygen atoms in total. The summed E-state index contributed by atoms with van der Waals surface area (Å²) in [5.41, 5.74) is 1.18. The number of carbonyl (C=O) groups excluding carboxylic acids is 1. The summed E-state index contributed by atoms with van der Waals surface area (Å²) < 4.78 is 41.6. The number of alkyl halides is 3. The summed E-state index contributed by atoms with van der Waals surface area (Å²) in [6.07, 6.45) is 2.30. The molecule has 1 fully saturated rings. The first kappa shape index (κ1) is 24.6. The first-order valence-corrected chi connectivity index (χ1v) is 11.2. The first-order valence-electron chi connectivity index (χ1n) is 11.2. The maximum atomic E-state index is 13.3. The van der Waals surface area contributed by atoms with Crippen LogP contribution < -0.4 is 0 Å². The van der Waals surface area contributed by atoms with E-state index in [1.54, 1.807) is 22.6 Å². The maximum Gasteiger partial charge on any atom is 0.416 e. The summed E-state index contributed by atoms with van der Waals surface area (Å²) in [6.45, 7) is 6.41. The number of amides is 1. The van der Waals surface area contributed by atoms with Gasteiger partial charge in [0.15, 0.2) is 5.82 Å². The number of aromatic nitrogens is 6. The summed E-state index contributed by atoms with van der Waals surface area (Å²) in [7, 11) is 1.88. The Morgan fingerprint density at radius 2 is 2.03 bits per heavy atom. The average molecular weight is 489 g/mol. The summed E-state index contributed by atoms with van der Waals surface area (Å²) in [4.78, 5) is 18.2. The average Bonchev–Trinajstić information content (AvgIpc) is 3.39. The summed E-state index contributed by atoms with van der Waals surface area (Å²) in [5, 5.41) is 15.9. The van der Waals surface area contributed by atoms with Crippen molar-refractivity contribution in [1.82, 2.24) is 39.8 Å². The Morgan fingerprint density at radius 3 is 2.66 bits per heavy atom. The van der Waals surface area contributed by atoms with E-state index < -0.39 is 11.7 Å². The van der Waals surface area contributed by atoms with Gasteiger partial charge in [-0.2, -0.15) is 23.1 Å². The van der Waals surface area contributed by atoms with Gasteiger partial charge < -0.3 is 4.90 Å². The van der Waals surface area contributed by atoms with E-state index in [1.165, 1.54) is 16.9 Å². The van der Waals surface area contributed by atoms with Gasteiger partial charge in [-0.25, -0.2) is 0 Å². The van der Waals surface area contributed by atoms with Gasteiger partial charge in [-0.3, -0.25) is 14.4 Å². The fourth-order valence-corrected chi connectivity index (χ4v) is 4.20. The van der Waals surface area contributed by atoms with Crippen LogP contribution in [0.4, 0.5) is 13.2 Å². The van der Waals surface area contributed by atoms with Crippen LogP contribution in [0.25, 0.3) is 6.08 Å². The van der Waals surface area contributed by atoms with Gasteiger partial charge in [0.2, 0.25) is 5.91 Å². The quantitative estimate of drug-likeness (QED) is 0.496. The molecule has 0 bridgehead atoms. The SMILES string of the molecule is Cc1nnn(Cc2cc(C(F)(F)F)ccc2C=CC(=O)N2CCN(Cc3cnn(C)c3)C[C@H]2C)n1. The molecule has 1 atom stereocenters. The van der Waals surface area contributed by atoms with Crippen molar-refractivity contribution in [2.75, 3.05) is 19.6 Å². The molecule has 0 aliphatic carbocycles. The molecule has 1 aromatic carbocycles. The Labute approximate surface area is 200 Å². The maximum absolute atomic E-state index is 13.3. The number of carbonyl (C=O) groups is 1. The van der Waals surface area contributed by atoms with Crippen LogP contribution in [0.2, 0.25) is 0 Å². The number of nitrogens with zero attached hydrogens (tertiary/aromatic N) is 8. The number of rotatable bonds is 6. The molecule has 3 aromatic rings. The van der Waals surface area contributed by atoms with Gasteiger partial charge in [0, 0.05) is 57.1 Å². The van der Waals surface area contributed by atoms with Crippen LogP contribution in [0.15, 0.2) is 36.7 Å². The predicted octanol–water partition coefficient (Wildman–Crippen LogP) is 2.53. The molecule has 1 saturated heterocycles. The highest BCUT2D eigenvalue weighted by molar-refractivity contribution is 5.92. The van der Waals surface area contributed by atoms with Crippen LogP contribution in [0.5, 0.6) is 0 Å². The number of tetrazole rings is 1. The van der Waals surface area contributed by atoms with Gasteiger partial charge >= 0.3 is 6.18 Å². The van der Waals surface area contributed by atoms with Crippen LogP contribution in [-0.2, 0) is 31.1 Å². The number of piperazine rings is 1. The number of hydrogen-bond donors (Lipinski definition) is 0. The smallest absolute Gasteiger partial charge is 0.334 e. The lowest BCUT2D eigenvalue weighted by atomic mass is 10.0. The second kappa shape index (κ2) is 9.98. The molecule has 0 saturated carbocycles. The van der Waals surface area contributed by atoms with Crippen molar-refractivity contribution in [3.05, 3.63) is 64.7 Å². The third-order valence-electron chi connectivity index (χ3n) is 5.90. The normalized spacial score (nSPS) is 17.4. The Balaban J connectivity index is 1.46. The Kier molecular flexibility index (Phi) is 7.01. The molecule has 2 aromatic heterocycles. The number of aryl methyl sites for hydroxylation is 2. The Hall–Kier alpha value is -3.54. The van der Waals surface area contributed by atoms with Crippen LogP contribution in [0, 0.1) is 6.92 Å². The molecule has 186 valence electrons. The minimum atomic E-state index is -4.48. The van der Waals surface area contributed by atoms with E-state index in [9.17, 15) is 18.0 Å². The molecule has 1 amide bonds. The highest BCUT2D eigenvalue weighted by Gasteiger charge is 2.31. The van der Waals surface area contributed by atoms with Crippen molar-refractivity contribution >= 4 is 12.0 Å². The number of benzene rings is 1. The summed E-state index contributed by atoms with van der Waals surface area (Å²) in [6, 6.07) is 3.42. The van der Waals surface area contributed by atoms with E-state index in [1.807, 2.05) is 26.4 Å². The van der Waals surface area contributed by atoms with E-state index >= 15 is 0 Å². The third kappa shape index (κ3) is 6.13. The molecule has 0 unspecified atom stereocenters. The fourth-order valence-electron chi connectivity index (χ4n) is 4.20. The van der Waals surface area contributed by atoms with Gasteiger partial charge in [-0.05, 0) is 48.4 Å². The van der Waals surface area contributed by atoms with Crippen LogP contribution in [0.1, 0.15) is 35.0 Å². The molecular weight excluding hydrogens is 461 g/mol. The highest BCUT2D eigenvalue weighted by Crippen LogP contribution is 2.31. The van der Waals surface area contributed by atoms with E-state index in [0.29, 0.717) is 23.5 Å². The van der Waals surface area contributed by atoms with Gasteiger partial charge in [0.25, 0.3) is 0 Å². The van der Waals surface area contributed by atoms with Crippen molar-refractivity contribution in [1.29, 1.82) is 0 Å². The number of halogens is 3. The molecule has 0 radical (unpaired) electrons. The third-order valence-corrected chi connectivity index (χ3v) is 5.90. The summed E-state index contributed by atoms with van der Waals surface area (Å²) >= 11 is 0. The van der Waals surface area contributed by atoms with Crippen molar-refractivity contribution < 1.29 is 18.0 Å². The molecule has 12 heteroatoms. The standard InChI is InChI=1S/C23H27F3N8O/c1-16-12-32(14-18-11-27-31(3)13-18)8-9-33(16)22(35)7-5-19-4-6-21(23(24,25)26)10-20(19)15-34-29-17(2)28-30-34/h4-7,10-11,13,16H,8-9,12,14-15H2,1-3H3/t16-/m1/s1. The Bertz CT molecular complexity index is 1220. The topological polar surface area (TPSA) is 85.0 Å². The second-order valence-corrected chi connectivity index (χ2v) is 8.75. The lowest BCUT2D eigenvalue weighted by Crippen LogP contribution is -2.53. The molecule has 1 aliphatic heterocycles. The molecule has 3 heterocycles. The van der Waals surface area contributed by atoms with Crippen LogP contribution in [-0.4, -0.2) is 71.4 Å². The van der Waals surface area contributed by atoms with Crippen molar-refractivity contribution in [3.63, 3.8) is 0 Å². The van der Waals surface area contributed by atoms with Gasteiger partial charge in [-0.1, -0.05) is 6.07 Å². The molecule has 1 aliphatic rings. The van der Waals surface area contributed by atoms with Crippen LogP contribution >= 0.6 is 0 Å². The van der Waals surface area contributed by atoms with E-state index in [0.717, 1.165) is 37.3 Å². The molecule has 35 heavy (non-hydrogen) atoms. The predicted molar refractivity (Wildman–Crippen MR) is 122 cm³/mol. The lowest BCUT2D eigenvalue weighted by molar-refractivity contribution is -0.137. The fraction of sp³-hybridized carbons (Fsp3) is 0.435. The molecular formula is C23H27F3N8O. The lowest BCUT2D eigenvalue weighted by Gasteiger charge is -2.39. The van der Waals surface area contributed by atoms with Crippen LogP contribution in [0.3, 0.4) is 0 Å². The zero-order valence-corrected chi connectivity index (χ0v) is 19.8. The number of hydrogen-bond acceptors (Lipinski definition) is 6. The summed E-state index contributed by atoms with van der Waals surface area (Å²) in [5.74, 6) is 0.236. The molecule has 4 rings (SSSR count). The minimum absolute atomic E-state index is 0.00203. The van der Waals surface area contributed by atoms with Gasteiger partial charge in [-0.15, -0.1) is 10.2 Å². The van der Waals surface area contributed by atoms with Gasteiger partial charge in [0.1, 0.15) is 0 Å². The highest BCUT2D eigenvalue weighted by atomic mass is 19.4. The van der Waals surface area contributed by atoms with E-state index in [-0.39, 0.29) is 18.5 Å². The van der Waals surface area contributed by atoms with Crippen molar-refractivity contribution in [2.24, 2.45) is 7.05 Å². The zero-order chi connectivity index (χ0) is 25.2.